The van der Waals surface area contributed by atoms with Crippen molar-refractivity contribution in [1.29, 1.82) is 0 Å². The minimum absolute atomic E-state index is 1.22. The second-order valence-electron chi connectivity index (χ2n) is 12.5. The molecule has 46 heavy (non-hydrogen) atoms. The highest BCUT2D eigenvalue weighted by Crippen LogP contribution is 2.65. The van der Waals surface area contributed by atoms with E-state index in [1.54, 1.807) is 0 Å². The SMILES string of the molecule is CN(C)c1ccc(/C=C/[P+](N(C)C)(N(C)C)N(C)C)cc1.c1ccc([B-](c2ccccc2)(c2ccccc2)c2ccccc2)cc1. The highest BCUT2D eigenvalue weighted by molar-refractivity contribution is 7.72. The third-order valence-corrected chi connectivity index (χ3v) is 12.9. The zero-order valence-electron chi connectivity index (χ0n) is 28.8. The lowest BCUT2D eigenvalue weighted by atomic mass is 9.13. The summed E-state index contributed by atoms with van der Waals surface area (Å²) < 4.78 is 6.95. The standard InChI is InChI=1S/C24H20B.C16H30N4P/c1-5-13-21(14-6-1)25(22-15-7-2-8-16-22,23-17-9-3-10-18-23)24-19-11-4-12-20-24;1-17(2)16-11-9-15(10-12-16)13-14-21(18(3)4,19(5)6)20(7)8/h1-20H;9-14H,1-8H3/q-1;+1/b;14-13+. The van der Waals surface area contributed by atoms with Gasteiger partial charge in [-0.15, -0.1) is 0 Å². The molecule has 0 atom stereocenters. The Morgan fingerprint density at radius 3 is 0.978 bits per heavy atom. The highest BCUT2D eigenvalue weighted by Gasteiger charge is 2.45. The van der Waals surface area contributed by atoms with Crippen LogP contribution in [0.3, 0.4) is 0 Å². The lowest BCUT2D eigenvalue weighted by molar-refractivity contribution is 0.472. The van der Waals surface area contributed by atoms with Crippen LogP contribution in [0.25, 0.3) is 6.08 Å². The predicted octanol–water partition coefficient (Wildman–Crippen LogP) is 6.23. The van der Waals surface area contributed by atoms with Crippen molar-refractivity contribution in [3.8, 4) is 0 Å². The Labute approximate surface area is 279 Å². The van der Waals surface area contributed by atoms with Gasteiger partial charge >= 0.3 is 0 Å². The van der Waals surface area contributed by atoms with Crippen LogP contribution in [0, 0.1) is 0 Å². The predicted molar refractivity (Wildman–Crippen MR) is 208 cm³/mol. The first-order chi connectivity index (χ1) is 22.1. The summed E-state index contributed by atoms with van der Waals surface area (Å²) in [6.07, 6.45) is 1.01. The number of hydrogen-bond donors (Lipinski definition) is 0. The third-order valence-electron chi connectivity index (χ3n) is 8.84. The third kappa shape index (κ3) is 7.52. The molecule has 0 radical (unpaired) electrons. The minimum Gasteiger partial charge on any atom is -0.378 e. The van der Waals surface area contributed by atoms with Crippen LogP contribution >= 0.6 is 7.71 Å². The van der Waals surface area contributed by atoms with Crippen LogP contribution in [0.2, 0.25) is 0 Å². The molecule has 0 N–H and O–H groups in total. The van der Waals surface area contributed by atoms with E-state index in [0.29, 0.717) is 0 Å². The fourth-order valence-electron chi connectivity index (χ4n) is 6.66. The van der Waals surface area contributed by atoms with Gasteiger partial charge in [-0.25, -0.2) is 0 Å². The maximum atomic E-state index is 2.34. The fourth-order valence-corrected chi connectivity index (χ4v) is 9.98. The molecule has 5 aromatic rings. The molecule has 4 nitrogen and oxygen atoms in total. The lowest BCUT2D eigenvalue weighted by Crippen LogP contribution is -2.74. The molecule has 0 aliphatic rings. The molecule has 6 heteroatoms. The largest absolute Gasteiger partial charge is 0.378 e. The highest BCUT2D eigenvalue weighted by atomic mass is 31.2. The van der Waals surface area contributed by atoms with Gasteiger partial charge < -0.3 is 4.90 Å². The maximum Gasteiger partial charge on any atom is 0.253 e. The first kappa shape index (κ1) is 34.9. The van der Waals surface area contributed by atoms with Crippen molar-refractivity contribution < 1.29 is 0 Å². The fraction of sp³-hybridized carbons (Fsp3) is 0.200. The van der Waals surface area contributed by atoms with Crippen molar-refractivity contribution in [3.63, 3.8) is 0 Å². The van der Waals surface area contributed by atoms with E-state index in [-0.39, 0.29) is 0 Å². The quantitative estimate of drug-likeness (QED) is 0.134. The number of nitrogens with zero attached hydrogens (tertiary/aromatic N) is 4. The average Bonchev–Trinajstić information content (AvgIpc) is 3.07. The van der Waals surface area contributed by atoms with Gasteiger partial charge in [0.2, 0.25) is 0 Å². The van der Waals surface area contributed by atoms with Crippen LogP contribution in [-0.2, 0) is 0 Å². The van der Waals surface area contributed by atoms with Gasteiger partial charge in [-0.1, -0.05) is 133 Å². The Balaban J connectivity index is 0.000000213. The summed E-state index contributed by atoms with van der Waals surface area (Å²) in [6.45, 7) is 0. The Hall–Kier alpha value is -3.99. The number of anilines is 1. The normalized spacial score (nSPS) is 12.0. The molecule has 0 spiro atoms. The van der Waals surface area contributed by atoms with Crippen molar-refractivity contribution in [2.45, 2.75) is 0 Å². The van der Waals surface area contributed by atoms with E-state index in [0.717, 1.165) is 0 Å². The zero-order chi connectivity index (χ0) is 33.2. The van der Waals surface area contributed by atoms with Crippen LogP contribution in [0.5, 0.6) is 0 Å². The summed E-state index contributed by atoms with van der Waals surface area (Å²) in [5.41, 5.74) is 7.81. The average molecular weight is 629 g/mol. The van der Waals surface area contributed by atoms with Crippen molar-refractivity contribution in [3.05, 3.63) is 157 Å². The molecule has 0 saturated heterocycles. The molecule has 238 valence electrons. The van der Waals surface area contributed by atoms with Gasteiger partial charge in [-0.2, -0.15) is 35.9 Å². The van der Waals surface area contributed by atoms with Crippen molar-refractivity contribution >= 4 is 47.5 Å². The Kier molecular flexibility index (Phi) is 12.2. The van der Waals surface area contributed by atoms with Crippen LogP contribution in [0.4, 0.5) is 5.69 Å². The second kappa shape index (κ2) is 16.0. The molecule has 0 saturated carbocycles. The summed E-state index contributed by atoms with van der Waals surface area (Å²) in [7, 11) is 15.4. The van der Waals surface area contributed by atoms with Crippen molar-refractivity contribution in [1.82, 2.24) is 14.0 Å². The molecular weight excluding hydrogens is 578 g/mol. The van der Waals surface area contributed by atoms with Crippen LogP contribution in [-0.4, -0.2) is 76.5 Å². The molecule has 0 heterocycles. The molecule has 0 aliphatic heterocycles. The molecule has 5 aromatic carbocycles. The Morgan fingerprint density at radius 1 is 0.413 bits per heavy atom. The van der Waals surface area contributed by atoms with E-state index < -0.39 is 13.9 Å². The van der Waals surface area contributed by atoms with E-state index in [4.69, 9.17) is 0 Å². The van der Waals surface area contributed by atoms with E-state index in [2.05, 4.69) is 233 Å². The molecule has 0 fully saturated rings. The van der Waals surface area contributed by atoms with Gasteiger partial charge in [0.05, 0.1) is 0 Å². The van der Waals surface area contributed by atoms with Gasteiger partial charge in [0, 0.05) is 62.1 Å². The molecule has 0 amide bonds. The van der Waals surface area contributed by atoms with Crippen molar-refractivity contribution in [2.75, 3.05) is 61.3 Å². The first-order valence-electron chi connectivity index (χ1n) is 15.9. The second-order valence-corrected chi connectivity index (χ2v) is 16.4. The molecule has 5 rings (SSSR count). The Bertz CT molecular complexity index is 1440. The molecule has 0 unspecified atom stereocenters. The molecule has 0 aliphatic carbocycles. The minimum atomic E-state index is -1.60. The van der Waals surface area contributed by atoms with Gasteiger partial charge in [0.25, 0.3) is 7.71 Å². The topological polar surface area (TPSA) is 13.0 Å². The van der Waals surface area contributed by atoms with Crippen LogP contribution in [0.1, 0.15) is 5.56 Å². The van der Waals surface area contributed by atoms with E-state index >= 15 is 0 Å². The maximum absolute atomic E-state index is 2.34. The summed E-state index contributed by atoms with van der Waals surface area (Å²) in [6, 6.07) is 52.2. The van der Waals surface area contributed by atoms with Gasteiger partial charge in [0.1, 0.15) is 12.0 Å². The first-order valence-corrected chi connectivity index (χ1v) is 17.6. The number of rotatable bonds is 10. The van der Waals surface area contributed by atoms with E-state index in [1.807, 2.05) is 0 Å². The smallest absolute Gasteiger partial charge is 0.253 e. The summed E-state index contributed by atoms with van der Waals surface area (Å²) in [5, 5.41) is 0. The monoisotopic (exact) mass is 628 g/mol. The summed E-state index contributed by atoms with van der Waals surface area (Å²) in [5.74, 6) is 2.34. The summed E-state index contributed by atoms with van der Waals surface area (Å²) in [4.78, 5) is 2.12. The summed E-state index contributed by atoms with van der Waals surface area (Å²) >= 11 is 0. The van der Waals surface area contributed by atoms with Gasteiger partial charge in [-0.05, 0) is 23.8 Å². The molecule has 0 aromatic heterocycles. The number of benzene rings is 5. The van der Waals surface area contributed by atoms with Crippen molar-refractivity contribution in [2.24, 2.45) is 0 Å². The van der Waals surface area contributed by atoms with E-state index in [9.17, 15) is 0 Å². The van der Waals surface area contributed by atoms with Gasteiger partial charge in [0.15, 0.2) is 0 Å². The van der Waals surface area contributed by atoms with Gasteiger partial charge in [-0.3, -0.25) is 0 Å². The van der Waals surface area contributed by atoms with E-state index in [1.165, 1.54) is 33.1 Å². The molecule has 0 bridgehead atoms. The van der Waals surface area contributed by atoms with Crippen LogP contribution in [0.15, 0.2) is 151 Å². The zero-order valence-corrected chi connectivity index (χ0v) is 29.7. The lowest BCUT2D eigenvalue weighted by Gasteiger charge is -2.44. The van der Waals surface area contributed by atoms with Crippen LogP contribution < -0.4 is 26.8 Å². The molecular formula is C40H50BN4P. The Morgan fingerprint density at radius 2 is 0.717 bits per heavy atom. The number of hydrogen-bond acceptors (Lipinski definition) is 4.